The van der Waals surface area contributed by atoms with Gasteiger partial charge in [0.05, 0.1) is 46.8 Å². The van der Waals surface area contributed by atoms with Crippen LogP contribution in [0.2, 0.25) is 0 Å². The number of carbonyl (C=O) groups is 13. The molecule has 12 amide bonds. The summed E-state index contributed by atoms with van der Waals surface area (Å²) in [6.45, 7) is 3.59. The predicted molar refractivity (Wildman–Crippen MR) is 425 cm³/mol. The fourth-order valence-corrected chi connectivity index (χ4v) is 13.1. The molecule has 0 radical (unpaired) electrons. The van der Waals surface area contributed by atoms with Crippen LogP contribution in [0.1, 0.15) is 113 Å². The maximum Gasteiger partial charge on any atom is 0.345 e. The lowest BCUT2D eigenvalue weighted by Gasteiger charge is -2.32. The van der Waals surface area contributed by atoms with E-state index >= 15 is 4.79 Å². The van der Waals surface area contributed by atoms with E-state index in [2.05, 4.69) is 68.8 Å². The Bertz CT molecular complexity index is 4160. The first-order valence-electron chi connectivity index (χ1n) is 37.9. The van der Waals surface area contributed by atoms with Gasteiger partial charge in [0, 0.05) is 67.4 Å². The largest absolute Gasteiger partial charge is 0.480 e. The highest BCUT2D eigenvalue weighted by atomic mass is 32.2. The Morgan fingerprint density at radius 3 is 1.92 bits per heavy atom. The van der Waals surface area contributed by atoms with Crippen LogP contribution in [-0.2, 0) is 59.2 Å². The number of fused-ring (bicyclic) bond motifs is 1. The number of nitrogens with one attached hydrogen (secondary N) is 12. The van der Waals surface area contributed by atoms with Crippen molar-refractivity contribution < 1.29 is 82.8 Å². The number of carbonyl (C=O) groups excluding carboxylic acids is 12. The van der Waals surface area contributed by atoms with Gasteiger partial charge in [0.2, 0.25) is 59.1 Å². The number of benzene rings is 3. The molecule has 2 aromatic heterocycles. The van der Waals surface area contributed by atoms with E-state index < -0.39 is 176 Å². The Morgan fingerprint density at radius 2 is 1.31 bits per heavy atom. The predicted octanol–water partition coefficient (Wildman–Crippen LogP) is -3.80. The zero-order chi connectivity index (χ0) is 84.4. The number of nitrogens with zero attached hydrogens (tertiary/aromatic N) is 4. The molecule has 1 aliphatic rings. The summed E-state index contributed by atoms with van der Waals surface area (Å²) in [4.78, 5) is 189. The van der Waals surface area contributed by atoms with Gasteiger partial charge in [-0.05, 0) is 157 Å². The summed E-state index contributed by atoms with van der Waals surface area (Å²) in [5.41, 5.74) is 31.7. The Labute approximate surface area is 669 Å². The van der Waals surface area contributed by atoms with Gasteiger partial charge in [0.15, 0.2) is 0 Å². The number of carboxylic acids is 1. The number of aliphatic carboxylic acids is 1. The molecule has 26 N–H and O–H groups in total. The van der Waals surface area contributed by atoms with Crippen molar-refractivity contribution in [1.29, 1.82) is 0 Å². The van der Waals surface area contributed by atoms with Gasteiger partial charge in [-0.3, -0.25) is 67.8 Å². The van der Waals surface area contributed by atoms with Gasteiger partial charge in [0.25, 0.3) is 5.91 Å². The molecule has 1 aliphatic heterocycles. The third kappa shape index (κ3) is 29.2. The van der Waals surface area contributed by atoms with Crippen LogP contribution in [0.3, 0.4) is 0 Å². The number of aliphatic hydroxyl groups is 3. The number of carboxylic acid groups (broad SMARTS) is 1. The number of nitrogens with two attached hydrogens (primary N) is 5. The molecule has 0 spiro atoms. The van der Waals surface area contributed by atoms with E-state index in [1.165, 1.54) is 30.6 Å². The lowest BCUT2D eigenvalue weighted by atomic mass is 9.99. The average Bonchev–Trinajstić information content (AvgIpc) is 1.63. The smallest absolute Gasteiger partial charge is 0.345 e. The number of pyridine rings is 1. The fraction of sp³-hybridized carbons (Fsp3) is 0.487. The van der Waals surface area contributed by atoms with Gasteiger partial charge in [-0.15, -0.1) is 0 Å². The molecule has 13 atom stereocenters. The molecule has 38 nitrogen and oxygen atoms in total. The number of aliphatic hydroxyl groups excluding tert-OH is 3. The second-order valence-corrected chi connectivity index (χ2v) is 29.0. The minimum atomic E-state index is -1.85. The fourth-order valence-electron chi connectivity index (χ4n) is 12.2. The van der Waals surface area contributed by atoms with Crippen LogP contribution in [0.15, 0.2) is 107 Å². The molecule has 1 unspecified atom stereocenters. The van der Waals surface area contributed by atoms with E-state index in [0.717, 1.165) is 11.6 Å². The van der Waals surface area contributed by atoms with Gasteiger partial charge in [-0.1, -0.05) is 74.1 Å². The summed E-state index contributed by atoms with van der Waals surface area (Å²) in [5.74, 6) is -11.3. The van der Waals surface area contributed by atoms with E-state index in [0.29, 0.717) is 37.7 Å². The summed E-state index contributed by atoms with van der Waals surface area (Å²) in [5, 5.41) is 79.9. The van der Waals surface area contributed by atoms with Crippen molar-refractivity contribution in [3.63, 3.8) is 0 Å². The van der Waals surface area contributed by atoms with Crippen LogP contribution in [0.4, 0.5) is 4.79 Å². The number of hydrogen-bond acceptors (Lipinski definition) is 25. The quantitative estimate of drug-likeness (QED) is 0.0188. The van der Waals surface area contributed by atoms with E-state index in [1.807, 2.05) is 0 Å². The third-order valence-electron chi connectivity index (χ3n) is 18.4. The summed E-state index contributed by atoms with van der Waals surface area (Å²) >= 11 is 1.23. The Hall–Kier alpha value is -10.9. The minimum absolute atomic E-state index is 0.0666. The molecule has 39 heteroatoms. The number of rotatable bonds is 34. The van der Waals surface area contributed by atoms with E-state index in [-0.39, 0.29) is 108 Å². The molecule has 6 rings (SSSR count). The zero-order valence-electron chi connectivity index (χ0n) is 64.9. The molecule has 0 saturated carbocycles. The highest BCUT2D eigenvalue weighted by molar-refractivity contribution is 7.99. The monoisotopic (exact) mass is 1620 g/mol. The average molecular weight is 1620 g/mol. The highest BCUT2D eigenvalue weighted by Crippen LogP contribution is 2.34. The Kier molecular flexibility index (Phi) is 38.1. The molecule has 3 aromatic carbocycles. The molecule has 1 saturated heterocycles. The zero-order valence-corrected chi connectivity index (χ0v) is 65.7. The van der Waals surface area contributed by atoms with Gasteiger partial charge in [0.1, 0.15) is 54.6 Å². The number of hydrogen-bond donors (Lipinski definition) is 21. The van der Waals surface area contributed by atoms with Crippen LogP contribution in [0.5, 0.6) is 0 Å². The van der Waals surface area contributed by atoms with Crippen LogP contribution in [-0.4, -0.2) is 255 Å². The van der Waals surface area contributed by atoms with E-state index in [9.17, 15) is 78.0 Å². The summed E-state index contributed by atoms with van der Waals surface area (Å²) in [7, 11) is 1.50. The molecule has 3 heterocycles. The standard InChI is InChI=1S/C76H109N21O17S/c1-42(2)39-57-71(108)88-52(24-30-77)66(103)87-55(27-33-80)70(107)94-63(43(3)98)73(110)85-35-28-56(69(106)86-53(25-31-78)68(105)92-58(72(109)91-57)40-45-13-7-6-8-14-45)89-67(104)54(26-32-79)90-74(111)64(44(4)99)93-62(101)29-37-96(38-36-84-61(100)23-21-50(81)75(112)113)76(114)97-59-41-47(115-60-17-10-9-16-49(60)65(102)82-5)19-20-48(59)51(95-97)22-18-46-15-11-12-34-83-46/h6-20,22,34,41-44,50,52-58,63-64,72,91,98-99,109H,21,23-33,35-40,77-81H2,1-5H3,(H,82,102)(H,84,100)(H,85,110)(H,86,106)(H,87,103)(H,88,108)(H,89,104)(H,90,111)(H,92,105)(H,93,101)(H,94,107)(H,112,113)/b22-18+/t43-,44-,50+,52+,53+,54+,55+,56+,57+,58-,63+,64+,72?/m1/s1. The number of amides is 12. The first kappa shape index (κ1) is 93.0. The molecular formula is C76H109N21O17S. The molecule has 115 heavy (non-hydrogen) atoms. The second-order valence-electron chi connectivity index (χ2n) is 27.9. The van der Waals surface area contributed by atoms with Crippen LogP contribution in [0, 0.1) is 5.92 Å². The Morgan fingerprint density at radius 1 is 0.687 bits per heavy atom. The van der Waals surface area contributed by atoms with Crippen molar-refractivity contribution in [1.82, 2.24) is 83.5 Å². The Balaban J connectivity index is 1.30. The molecular weight excluding hydrogens is 1510 g/mol. The van der Waals surface area contributed by atoms with Crippen LogP contribution < -0.4 is 92.5 Å². The van der Waals surface area contributed by atoms with Gasteiger partial charge in [-0.25, -0.2) is 4.79 Å². The molecule has 1 fully saturated rings. The minimum Gasteiger partial charge on any atom is -0.480 e. The van der Waals surface area contributed by atoms with Gasteiger partial charge in [-0.2, -0.15) is 9.78 Å². The molecule has 0 bridgehead atoms. The van der Waals surface area contributed by atoms with E-state index in [1.54, 1.807) is 123 Å². The van der Waals surface area contributed by atoms with Crippen molar-refractivity contribution in [2.45, 2.75) is 181 Å². The van der Waals surface area contributed by atoms with Crippen molar-refractivity contribution in [2.24, 2.45) is 34.6 Å². The summed E-state index contributed by atoms with van der Waals surface area (Å²) in [6, 6.07) is 9.91. The first-order chi connectivity index (χ1) is 54.9. The van der Waals surface area contributed by atoms with Gasteiger partial charge < -0.3 is 112 Å². The van der Waals surface area contributed by atoms with Gasteiger partial charge >= 0.3 is 12.0 Å². The lowest BCUT2D eigenvalue weighted by Crippen LogP contribution is -2.62. The highest BCUT2D eigenvalue weighted by Gasteiger charge is 2.38. The lowest BCUT2D eigenvalue weighted by molar-refractivity contribution is -0.139. The van der Waals surface area contributed by atoms with Crippen LogP contribution >= 0.6 is 11.8 Å². The molecule has 5 aromatic rings. The third-order valence-corrected chi connectivity index (χ3v) is 19.5. The second kappa shape index (κ2) is 47.1. The maximum absolute atomic E-state index is 15.2. The SMILES string of the molecule is CNC(=O)c1ccccc1Sc1ccc2c(/C=C/c3ccccn3)nn(C(=O)N(CCNC(=O)CC[C@H](N)C(=O)O)CCC(=O)N[C@H](C(=O)N[C@@H](CCN)C(=O)N[C@H]3CCNC(=O)[C@H]([C@@H](C)O)NC(=O)[C@H](CCN)NC(=O)[C@H](CCN)NC(=O)[C@H](CC(C)C)NC(O)[C@@H](Cc4ccccc4)NC(=O)[C@H](CCN)NC3=O)[C@@H](C)O)c2c1. The normalized spacial score (nSPS) is 20.3. The van der Waals surface area contributed by atoms with E-state index in [4.69, 9.17) is 33.8 Å². The number of aromatic nitrogens is 3. The van der Waals surface area contributed by atoms with Crippen molar-refractivity contribution in [3.8, 4) is 0 Å². The first-order valence-corrected chi connectivity index (χ1v) is 38.7. The van der Waals surface area contributed by atoms with Crippen molar-refractivity contribution >= 4 is 112 Å². The molecule has 0 aliphatic carbocycles. The molecule has 626 valence electrons. The summed E-state index contributed by atoms with van der Waals surface area (Å²) < 4.78 is 1.09. The van der Waals surface area contributed by atoms with Crippen LogP contribution in [0.25, 0.3) is 23.1 Å². The topological polar surface area (TPSA) is 611 Å². The summed E-state index contributed by atoms with van der Waals surface area (Å²) in [6.07, 6.45) is -2.72. The van der Waals surface area contributed by atoms with Crippen molar-refractivity contribution in [2.75, 3.05) is 59.4 Å². The van der Waals surface area contributed by atoms with Crippen molar-refractivity contribution in [3.05, 3.63) is 120 Å². The maximum atomic E-state index is 15.2.